The molecular weight excluding hydrogens is 247 g/mol. The van der Waals surface area contributed by atoms with Crippen LogP contribution < -0.4 is 0 Å². The number of carboxylic acids is 1. The van der Waals surface area contributed by atoms with Crippen LogP contribution in [0.25, 0.3) is 0 Å². The maximum Gasteiger partial charge on any atom is 0.356 e. The molecule has 0 aliphatic heterocycles. The summed E-state index contributed by atoms with van der Waals surface area (Å²) in [4.78, 5) is 15.1. The minimum atomic E-state index is -1.03. The van der Waals surface area contributed by atoms with Crippen LogP contribution in [0.1, 0.15) is 27.6 Å². The van der Waals surface area contributed by atoms with Crippen LogP contribution in [0.5, 0.6) is 0 Å². The summed E-state index contributed by atoms with van der Waals surface area (Å²) in [5, 5.41) is 9.11. The van der Waals surface area contributed by atoms with E-state index in [9.17, 15) is 9.18 Å². The normalized spacial score (nSPS) is 10.7. The number of benzene rings is 1. The van der Waals surface area contributed by atoms with Crippen molar-refractivity contribution in [1.82, 2.24) is 9.55 Å². The first-order valence-electron chi connectivity index (χ1n) is 5.99. The Hall–Kier alpha value is -2.17. The first-order chi connectivity index (χ1) is 8.99. The summed E-state index contributed by atoms with van der Waals surface area (Å²) in [7, 11) is 1.79. The zero-order valence-electron chi connectivity index (χ0n) is 10.9. The molecule has 100 valence electrons. The Morgan fingerprint density at radius 2 is 2.16 bits per heavy atom. The molecule has 0 aliphatic rings. The topological polar surface area (TPSA) is 55.1 Å². The number of rotatable bonds is 4. The molecule has 0 aliphatic carbocycles. The molecule has 0 saturated carbocycles. The summed E-state index contributed by atoms with van der Waals surface area (Å²) < 4.78 is 14.8. The van der Waals surface area contributed by atoms with Gasteiger partial charge in [-0.3, -0.25) is 0 Å². The molecule has 0 fully saturated rings. The Balaban J connectivity index is 2.22. The lowest BCUT2D eigenvalue weighted by Gasteiger charge is -2.05. The van der Waals surface area contributed by atoms with Crippen LogP contribution in [0.2, 0.25) is 0 Å². The number of aromatic nitrogens is 2. The van der Waals surface area contributed by atoms with Crippen molar-refractivity contribution in [2.45, 2.75) is 19.8 Å². The SMILES string of the molecule is Cc1nc(C(=O)O)c(CCc2cccc(F)c2)n1C. The fraction of sp³-hybridized carbons (Fsp3) is 0.286. The first-order valence-corrected chi connectivity index (χ1v) is 5.99. The van der Waals surface area contributed by atoms with E-state index in [1.165, 1.54) is 12.1 Å². The van der Waals surface area contributed by atoms with Gasteiger partial charge in [-0.2, -0.15) is 0 Å². The van der Waals surface area contributed by atoms with Crippen molar-refractivity contribution in [3.8, 4) is 0 Å². The second-order valence-electron chi connectivity index (χ2n) is 4.45. The van der Waals surface area contributed by atoms with Crippen LogP contribution >= 0.6 is 0 Å². The van der Waals surface area contributed by atoms with Crippen molar-refractivity contribution in [3.63, 3.8) is 0 Å². The zero-order chi connectivity index (χ0) is 14.0. The minimum Gasteiger partial charge on any atom is -0.476 e. The van der Waals surface area contributed by atoms with Gasteiger partial charge in [-0.05, 0) is 37.5 Å². The van der Waals surface area contributed by atoms with Gasteiger partial charge in [0, 0.05) is 7.05 Å². The number of halogens is 1. The number of aryl methyl sites for hydroxylation is 2. The lowest BCUT2D eigenvalue weighted by atomic mass is 10.1. The molecule has 2 aromatic rings. The van der Waals surface area contributed by atoms with Crippen LogP contribution in [0, 0.1) is 12.7 Å². The molecule has 1 aromatic heterocycles. The summed E-state index contributed by atoms with van der Waals surface area (Å²) in [5.74, 6) is -0.651. The third-order valence-corrected chi connectivity index (χ3v) is 3.18. The van der Waals surface area contributed by atoms with Gasteiger partial charge >= 0.3 is 5.97 Å². The van der Waals surface area contributed by atoms with Crippen molar-refractivity contribution in [2.75, 3.05) is 0 Å². The summed E-state index contributed by atoms with van der Waals surface area (Å²) in [5.41, 5.74) is 1.58. The van der Waals surface area contributed by atoms with Crippen LogP contribution in [-0.4, -0.2) is 20.6 Å². The monoisotopic (exact) mass is 262 g/mol. The predicted octanol–water partition coefficient (Wildman–Crippen LogP) is 2.35. The predicted molar refractivity (Wildman–Crippen MR) is 68.7 cm³/mol. The molecule has 1 aromatic carbocycles. The van der Waals surface area contributed by atoms with Crippen molar-refractivity contribution in [1.29, 1.82) is 0 Å². The third kappa shape index (κ3) is 2.81. The van der Waals surface area contributed by atoms with E-state index in [4.69, 9.17) is 5.11 Å². The zero-order valence-corrected chi connectivity index (χ0v) is 10.9. The third-order valence-electron chi connectivity index (χ3n) is 3.18. The Morgan fingerprint density at radius 3 is 2.79 bits per heavy atom. The van der Waals surface area contributed by atoms with E-state index in [2.05, 4.69) is 4.98 Å². The number of hydrogen-bond acceptors (Lipinski definition) is 2. The number of imidazole rings is 1. The number of hydrogen-bond donors (Lipinski definition) is 1. The number of nitrogens with zero attached hydrogens (tertiary/aromatic N) is 2. The van der Waals surface area contributed by atoms with Gasteiger partial charge in [0.25, 0.3) is 0 Å². The quantitative estimate of drug-likeness (QED) is 0.920. The van der Waals surface area contributed by atoms with Gasteiger partial charge < -0.3 is 9.67 Å². The lowest BCUT2D eigenvalue weighted by Crippen LogP contribution is -2.07. The second-order valence-corrected chi connectivity index (χ2v) is 4.45. The average Bonchev–Trinajstić information content (AvgIpc) is 2.64. The molecule has 0 unspecified atom stereocenters. The molecule has 0 radical (unpaired) electrons. The lowest BCUT2D eigenvalue weighted by molar-refractivity contribution is 0.0689. The summed E-state index contributed by atoms with van der Waals surface area (Å²) in [6, 6.07) is 6.33. The fourth-order valence-electron chi connectivity index (χ4n) is 2.07. The van der Waals surface area contributed by atoms with Gasteiger partial charge in [-0.25, -0.2) is 14.2 Å². The van der Waals surface area contributed by atoms with Crippen molar-refractivity contribution in [3.05, 3.63) is 52.9 Å². The summed E-state index contributed by atoms with van der Waals surface area (Å²) in [6.45, 7) is 1.76. The maximum atomic E-state index is 13.1. The maximum absolute atomic E-state index is 13.1. The fourth-order valence-corrected chi connectivity index (χ4v) is 2.07. The largest absolute Gasteiger partial charge is 0.476 e. The van der Waals surface area contributed by atoms with Gasteiger partial charge in [0.15, 0.2) is 5.69 Å². The van der Waals surface area contributed by atoms with E-state index in [0.717, 1.165) is 5.56 Å². The number of carboxylic acid groups (broad SMARTS) is 1. The van der Waals surface area contributed by atoms with E-state index in [-0.39, 0.29) is 11.5 Å². The number of aromatic carboxylic acids is 1. The summed E-state index contributed by atoms with van der Waals surface area (Å²) >= 11 is 0. The van der Waals surface area contributed by atoms with Gasteiger partial charge in [-0.15, -0.1) is 0 Å². The Labute approximate surface area is 110 Å². The molecule has 19 heavy (non-hydrogen) atoms. The highest BCUT2D eigenvalue weighted by atomic mass is 19.1. The van der Waals surface area contributed by atoms with Crippen LogP contribution in [0.4, 0.5) is 4.39 Å². The molecule has 2 rings (SSSR count). The molecule has 0 spiro atoms. The molecule has 0 amide bonds. The van der Waals surface area contributed by atoms with E-state index in [1.54, 1.807) is 24.6 Å². The Morgan fingerprint density at radius 1 is 1.42 bits per heavy atom. The molecule has 1 heterocycles. The van der Waals surface area contributed by atoms with Crippen molar-refractivity contribution < 1.29 is 14.3 Å². The molecule has 0 bridgehead atoms. The molecular formula is C14H15FN2O2. The standard InChI is InChI=1S/C14H15FN2O2/c1-9-16-13(14(18)19)12(17(9)2)7-6-10-4-3-5-11(15)8-10/h3-5,8H,6-7H2,1-2H3,(H,18,19). The van der Waals surface area contributed by atoms with E-state index in [1.807, 2.05) is 6.07 Å². The molecule has 0 saturated heterocycles. The van der Waals surface area contributed by atoms with Crippen LogP contribution in [0.15, 0.2) is 24.3 Å². The van der Waals surface area contributed by atoms with Crippen LogP contribution in [0.3, 0.4) is 0 Å². The van der Waals surface area contributed by atoms with E-state index < -0.39 is 5.97 Å². The molecule has 4 nitrogen and oxygen atoms in total. The Kier molecular flexibility index (Phi) is 3.64. The molecule has 1 N–H and O–H groups in total. The number of carbonyl (C=O) groups is 1. The van der Waals surface area contributed by atoms with Crippen molar-refractivity contribution >= 4 is 5.97 Å². The highest BCUT2D eigenvalue weighted by Crippen LogP contribution is 2.14. The summed E-state index contributed by atoms with van der Waals surface area (Å²) in [6.07, 6.45) is 1.10. The second kappa shape index (κ2) is 5.22. The average molecular weight is 262 g/mol. The minimum absolute atomic E-state index is 0.0800. The van der Waals surface area contributed by atoms with Crippen molar-refractivity contribution in [2.24, 2.45) is 7.05 Å². The first kappa shape index (κ1) is 13.3. The smallest absolute Gasteiger partial charge is 0.356 e. The van der Waals surface area contributed by atoms with Gasteiger partial charge in [0.05, 0.1) is 5.69 Å². The Bertz CT molecular complexity index is 620. The highest BCUT2D eigenvalue weighted by molar-refractivity contribution is 5.86. The molecule has 0 atom stereocenters. The van der Waals surface area contributed by atoms with Gasteiger partial charge in [-0.1, -0.05) is 12.1 Å². The van der Waals surface area contributed by atoms with E-state index in [0.29, 0.717) is 24.4 Å². The van der Waals surface area contributed by atoms with Crippen LogP contribution in [-0.2, 0) is 19.9 Å². The highest BCUT2D eigenvalue weighted by Gasteiger charge is 2.17. The van der Waals surface area contributed by atoms with Gasteiger partial charge in [0.2, 0.25) is 0 Å². The van der Waals surface area contributed by atoms with E-state index >= 15 is 0 Å². The van der Waals surface area contributed by atoms with Gasteiger partial charge in [0.1, 0.15) is 11.6 Å². The molecule has 5 heteroatoms.